The van der Waals surface area contributed by atoms with Crippen LogP contribution in [-0.4, -0.2) is 27.9 Å². The van der Waals surface area contributed by atoms with Crippen LogP contribution in [0.2, 0.25) is 0 Å². The largest absolute Gasteiger partial charge is 0.477 e. The Morgan fingerprint density at radius 3 is 2.08 bits per heavy atom. The number of hydrogen-bond acceptors (Lipinski definition) is 5. The van der Waals surface area contributed by atoms with Crippen molar-refractivity contribution < 1.29 is 29.3 Å². The third-order valence-corrected chi connectivity index (χ3v) is 3.35. The summed E-state index contributed by atoms with van der Waals surface area (Å²) in [6.45, 7) is 0.976. The van der Waals surface area contributed by atoms with Crippen molar-refractivity contribution in [2.75, 3.05) is 0 Å². The molecule has 0 spiro atoms. The van der Waals surface area contributed by atoms with Crippen molar-refractivity contribution in [3.05, 3.63) is 71.8 Å². The number of carbonyl (C=O) groups is 2. The summed E-state index contributed by atoms with van der Waals surface area (Å²) < 4.78 is 10.3. The lowest BCUT2D eigenvalue weighted by Crippen LogP contribution is -2.48. The summed E-state index contributed by atoms with van der Waals surface area (Å²) >= 11 is 0. The number of benzene rings is 2. The molecule has 0 radical (unpaired) electrons. The van der Waals surface area contributed by atoms with E-state index in [-0.39, 0.29) is 6.61 Å². The van der Waals surface area contributed by atoms with Crippen molar-refractivity contribution in [1.29, 1.82) is 0 Å². The highest BCUT2D eigenvalue weighted by atomic mass is 16.7. The van der Waals surface area contributed by atoms with Gasteiger partial charge >= 0.3 is 17.7 Å². The van der Waals surface area contributed by atoms with E-state index in [4.69, 9.17) is 9.47 Å². The van der Waals surface area contributed by atoms with Crippen LogP contribution in [0.4, 0.5) is 0 Å². The van der Waals surface area contributed by atoms with Gasteiger partial charge in [0.1, 0.15) is 0 Å². The molecule has 2 rings (SSSR count). The van der Waals surface area contributed by atoms with E-state index in [0.29, 0.717) is 11.1 Å². The lowest BCUT2D eigenvalue weighted by atomic mass is 10.0. The Morgan fingerprint density at radius 1 is 1.04 bits per heavy atom. The van der Waals surface area contributed by atoms with Crippen LogP contribution < -0.4 is 0 Å². The van der Waals surface area contributed by atoms with E-state index in [0.717, 1.165) is 6.92 Å². The lowest BCUT2D eigenvalue weighted by Gasteiger charge is -2.31. The van der Waals surface area contributed by atoms with Crippen LogP contribution in [0.15, 0.2) is 60.7 Å². The molecule has 2 aromatic carbocycles. The maximum absolute atomic E-state index is 11.7. The van der Waals surface area contributed by atoms with E-state index < -0.39 is 23.8 Å². The summed E-state index contributed by atoms with van der Waals surface area (Å²) in [6.07, 6.45) is -1.50. The molecule has 0 aliphatic rings. The van der Waals surface area contributed by atoms with Crippen LogP contribution in [0.5, 0.6) is 0 Å². The molecule has 0 saturated heterocycles. The van der Waals surface area contributed by atoms with Gasteiger partial charge in [0.25, 0.3) is 0 Å². The Hall–Kier alpha value is -2.70. The topological polar surface area (TPSA) is 93.1 Å². The highest BCUT2D eigenvalue weighted by Gasteiger charge is 2.49. The van der Waals surface area contributed by atoms with E-state index >= 15 is 0 Å². The molecule has 0 heterocycles. The Kier molecular flexibility index (Phi) is 5.68. The van der Waals surface area contributed by atoms with E-state index in [1.807, 2.05) is 0 Å². The summed E-state index contributed by atoms with van der Waals surface area (Å²) in [6, 6.07) is 16.9. The first-order valence-electron chi connectivity index (χ1n) is 7.29. The molecular formula is C18H18O6. The Balaban J connectivity index is 2.32. The van der Waals surface area contributed by atoms with Gasteiger partial charge < -0.3 is 19.7 Å². The van der Waals surface area contributed by atoms with Gasteiger partial charge in [-0.05, 0) is 11.1 Å². The summed E-state index contributed by atoms with van der Waals surface area (Å²) in [5.41, 5.74) is 0.984. The minimum Gasteiger partial charge on any atom is -0.477 e. The average Bonchev–Trinajstić information content (AvgIpc) is 2.59. The molecule has 0 aromatic heterocycles. The first kappa shape index (κ1) is 17.7. The molecule has 0 fully saturated rings. The average molecular weight is 330 g/mol. The fraction of sp³-hybridized carbons (Fsp3) is 0.222. The minimum atomic E-state index is -2.72. The van der Waals surface area contributed by atoms with Gasteiger partial charge in [-0.15, -0.1) is 0 Å². The van der Waals surface area contributed by atoms with E-state index in [1.165, 1.54) is 0 Å². The molecule has 6 heteroatoms. The molecule has 6 nitrogen and oxygen atoms in total. The van der Waals surface area contributed by atoms with Crippen molar-refractivity contribution in [3.8, 4) is 0 Å². The summed E-state index contributed by atoms with van der Waals surface area (Å²) in [5.74, 6) is -5.09. The van der Waals surface area contributed by atoms with Crippen molar-refractivity contribution in [3.63, 3.8) is 0 Å². The lowest BCUT2D eigenvalue weighted by molar-refractivity contribution is -0.268. The SMILES string of the molecule is CC(=O)OC(c1ccccc1)C(O)(OCc1ccccc1)C(=O)O. The molecule has 0 aliphatic carbocycles. The van der Waals surface area contributed by atoms with Crippen LogP contribution in [-0.2, 0) is 25.7 Å². The highest BCUT2D eigenvalue weighted by molar-refractivity contribution is 5.77. The van der Waals surface area contributed by atoms with Crippen LogP contribution in [0, 0.1) is 0 Å². The summed E-state index contributed by atoms with van der Waals surface area (Å²) in [5, 5.41) is 20.1. The smallest absolute Gasteiger partial charge is 0.368 e. The molecule has 2 atom stereocenters. The number of rotatable bonds is 7. The Labute approximate surface area is 139 Å². The van der Waals surface area contributed by atoms with Crippen LogP contribution >= 0.6 is 0 Å². The standard InChI is InChI=1S/C18H18O6/c1-13(19)24-16(15-10-6-3-7-11-15)18(22,17(20)21)23-12-14-8-4-2-5-9-14/h2-11,16,22H,12H2,1H3,(H,20,21). The maximum atomic E-state index is 11.7. The molecular weight excluding hydrogens is 312 g/mol. The predicted octanol–water partition coefficient (Wildman–Crippen LogP) is 2.28. The second-order valence-electron chi connectivity index (χ2n) is 5.18. The van der Waals surface area contributed by atoms with Gasteiger partial charge in [0.15, 0.2) is 6.10 Å². The number of aliphatic hydroxyl groups is 1. The zero-order valence-corrected chi connectivity index (χ0v) is 13.1. The normalized spacial score (nSPS) is 14.4. The second-order valence-corrected chi connectivity index (χ2v) is 5.18. The Bertz CT molecular complexity index is 685. The molecule has 0 saturated carbocycles. The predicted molar refractivity (Wildman–Crippen MR) is 84.8 cm³/mol. The van der Waals surface area contributed by atoms with Gasteiger partial charge in [-0.1, -0.05) is 60.7 Å². The fourth-order valence-electron chi connectivity index (χ4n) is 2.18. The van der Waals surface area contributed by atoms with Crippen molar-refractivity contribution >= 4 is 11.9 Å². The van der Waals surface area contributed by atoms with Crippen molar-refractivity contribution in [1.82, 2.24) is 0 Å². The molecule has 0 amide bonds. The number of aliphatic carboxylic acids is 1. The number of ether oxygens (including phenoxy) is 2. The highest BCUT2D eigenvalue weighted by Crippen LogP contribution is 2.32. The zero-order valence-electron chi connectivity index (χ0n) is 13.1. The van der Waals surface area contributed by atoms with Crippen LogP contribution in [0.3, 0.4) is 0 Å². The molecule has 0 bridgehead atoms. The minimum absolute atomic E-state index is 0.158. The maximum Gasteiger partial charge on any atom is 0.368 e. The number of esters is 1. The number of carboxylic acid groups (broad SMARTS) is 1. The first-order chi connectivity index (χ1) is 11.4. The first-order valence-corrected chi connectivity index (χ1v) is 7.29. The van der Waals surface area contributed by atoms with E-state index in [2.05, 4.69) is 0 Å². The molecule has 126 valence electrons. The van der Waals surface area contributed by atoms with Gasteiger partial charge in [-0.25, -0.2) is 4.79 Å². The second kappa shape index (κ2) is 7.72. The summed E-state index contributed by atoms with van der Waals surface area (Å²) in [4.78, 5) is 23.1. The third-order valence-electron chi connectivity index (χ3n) is 3.35. The van der Waals surface area contributed by atoms with Crippen LogP contribution in [0.25, 0.3) is 0 Å². The molecule has 2 aromatic rings. The van der Waals surface area contributed by atoms with Gasteiger partial charge in [-0.2, -0.15) is 0 Å². The molecule has 24 heavy (non-hydrogen) atoms. The van der Waals surface area contributed by atoms with E-state index in [9.17, 15) is 19.8 Å². The van der Waals surface area contributed by atoms with Crippen molar-refractivity contribution in [2.45, 2.75) is 25.4 Å². The zero-order chi connectivity index (χ0) is 17.6. The van der Waals surface area contributed by atoms with Gasteiger partial charge in [0.05, 0.1) is 6.61 Å². The fourth-order valence-corrected chi connectivity index (χ4v) is 2.18. The van der Waals surface area contributed by atoms with Crippen molar-refractivity contribution in [2.24, 2.45) is 0 Å². The number of carboxylic acids is 1. The third kappa shape index (κ3) is 4.18. The monoisotopic (exact) mass is 330 g/mol. The molecule has 2 N–H and O–H groups in total. The van der Waals surface area contributed by atoms with Gasteiger partial charge in [-0.3, -0.25) is 4.79 Å². The summed E-state index contributed by atoms with van der Waals surface area (Å²) in [7, 11) is 0. The Morgan fingerprint density at radius 2 is 1.58 bits per heavy atom. The quantitative estimate of drug-likeness (QED) is 0.597. The number of hydrogen-bond donors (Lipinski definition) is 2. The molecule has 2 unspecified atom stereocenters. The van der Waals surface area contributed by atoms with Crippen LogP contribution in [0.1, 0.15) is 24.2 Å². The van der Waals surface area contributed by atoms with Gasteiger partial charge in [0.2, 0.25) is 0 Å². The van der Waals surface area contributed by atoms with Gasteiger partial charge in [0, 0.05) is 6.92 Å². The number of carbonyl (C=O) groups excluding carboxylic acids is 1. The van der Waals surface area contributed by atoms with E-state index in [1.54, 1.807) is 60.7 Å². The molecule has 0 aliphatic heterocycles.